The fraction of sp³-hybridized carbons (Fsp3) is 0.100. The average Bonchev–Trinajstić information content (AvgIpc) is 2.63. The summed E-state index contributed by atoms with van der Waals surface area (Å²) < 4.78 is 1.49. The van der Waals surface area contributed by atoms with Gasteiger partial charge in [-0.05, 0) is 55.0 Å². The molecule has 0 atom stereocenters. The van der Waals surface area contributed by atoms with Crippen molar-refractivity contribution in [3.63, 3.8) is 0 Å². The molecule has 142 valence electrons. The lowest BCUT2D eigenvalue weighted by Crippen LogP contribution is -2.18. The fourth-order valence-electron chi connectivity index (χ4n) is 2.67. The van der Waals surface area contributed by atoms with Crippen molar-refractivity contribution in [3.05, 3.63) is 74.8 Å². The number of aromatic nitrogens is 2. The first kappa shape index (κ1) is 19.2. The van der Waals surface area contributed by atoms with Crippen LogP contribution in [0.5, 0.6) is 5.88 Å². The van der Waals surface area contributed by atoms with Gasteiger partial charge in [-0.25, -0.2) is 0 Å². The molecule has 0 spiro atoms. The summed E-state index contributed by atoms with van der Waals surface area (Å²) in [5.41, 5.74) is 2.19. The molecule has 1 aromatic heterocycles. The zero-order valence-corrected chi connectivity index (χ0v) is 16.1. The average molecular weight is 394 g/mol. The van der Waals surface area contributed by atoms with Crippen LogP contribution in [0.1, 0.15) is 18.1 Å². The number of hydrogen-bond donors (Lipinski definition) is 3. The maximum atomic E-state index is 12.3. The van der Waals surface area contributed by atoms with Crippen molar-refractivity contribution >= 4 is 35.7 Å². The summed E-state index contributed by atoms with van der Waals surface area (Å²) in [7, 11) is 0. The van der Waals surface area contributed by atoms with Gasteiger partial charge in [0.2, 0.25) is 11.8 Å². The van der Waals surface area contributed by atoms with Crippen molar-refractivity contribution in [1.29, 1.82) is 0 Å². The third kappa shape index (κ3) is 4.07. The van der Waals surface area contributed by atoms with Gasteiger partial charge in [-0.2, -0.15) is 0 Å². The molecule has 3 rings (SSSR count). The van der Waals surface area contributed by atoms with E-state index in [-0.39, 0.29) is 22.1 Å². The number of amides is 1. The number of aromatic amines is 1. The van der Waals surface area contributed by atoms with E-state index in [0.717, 1.165) is 5.56 Å². The number of H-pyrrole nitrogens is 1. The highest BCUT2D eigenvalue weighted by Crippen LogP contribution is 2.22. The van der Waals surface area contributed by atoms with Crippen LogP contribution < -0.4 is 10.9 Å². The number of anilines is 1. The first-order valence-electron chi connectivity index (χ1n) is 8.43. The Morgan fingerprint density at radius 3 is 2.54 bits per heavy atom. The van der Waals surface area contributed by atoms with Crippen LogP contribution in [0.3, 0.4) is 0 Å². The quantitative estimate of drug-likeness (QED) is 0.465. The summed E-state index contributed by atoms with van der Waals surface area (Å²) >= 11 is 5.22. The van der Waals surface area contributed by atoms with Crippen molar-refractivity contribution in [3.8, 4) is 11.6 Å². The number of rotatable bonds is 4. The van der Waals surface area contributed by atoms with Crippen LogP contribution in [0.25, 0.3) is 5.69 Å². The molecule has 0 aliphatic carbocycles. The van der Waals surface area contributed by atoms with Crippen molar-refractivity contribution in [2.45, 2.75) is 13.8 Å². The smallest absolute Gasteiger partial charge is 0.264 e. The summed E-state index contributed by atoms with van der Waals surface area (Å²) in [4.78, 5) is 30.2. The third-order valence-corrected chi connectivity index (χ3v) is 4.29. The molecule has 0 saturated heterocycles. The van der Waals surface area contributed by atoms with E-state index >= 15 is 0 Å². The van der Waals surface area contributed by atoms with Gasteiger partial charge in [-0.3, -0.25) is 24.1 Å². The molecule has 8 heteroatoms. The van der Waals surface area contributed by atoms with E-state index in [1.165, 1.54) is 17.7 Å². The molecule has 0 fully saturated rings. The second-order valence-corrected chi connectivity index (χ2v) is 6.49. The third-order valence-electron chi connectivity index (χ3n) is 4.01. The second kappa shape index (κ2) is 8.01. The number of aliphatic imine (C=N–C) groups is 1. The van der Waals surface area contributed by atoms with Gasteiger partial charge >= 0.3 is 0 Å². The Kier molecular flexibility index (Phi) is 5.51. The highest BCUT2D eigenvalue weighted by atomic mass is 32.1. The van der Waals surface area contributed by atoms with Crippen LogP contribution in [0.2, 0.25) is 0 Å². The molecular weight excluding hydrogens is 376 g/mol. The number of benzene rings is 2. The molecule has 0 radical (unpaired) electrons. The summed E-state index contributed by atoms with van der Waals surface area (Å²) in [6, 6.07) is 14.1. The van der Waals surface area contributed by atoms with Crippen LogP contribution in [-0.4, -0.2) is 26.8 Å². The Morgan fingerprint density at radius 2 is 1.89 bits per heavy atom. The van der Waals surface area contributed by atoms with Crippen molar-refractivity contribution in [2.24, 2.45) is 4.99 Å². The SMILES string of the molecule is CC(=O)Nc1ccc(N=Cc2c(O)n(-c3ccccc3C)c(=S)[nH]c2=O)cc1. The molecule has 0 bridgehead atoms. The first-order chi connectivity index (χ1) is 13.4. The van der Waals surface area contributed by atoms with Gasteiger partial charge in [0.25, 0.3) is 5.56 Å². The molecule has 3 aromatic rings. The normalized spacial score (nSPS) is 10.9. The van der Waals surface area contributed by atoms with Gasteiger partial charge in [0, 0.05) is 18.8 Å². The van der Waals surface area contributed by atoms with Crippen LogP contribution in [0.4, 0.5) is 11.4 Å². The summed E-state index contributed by atoms with van der Waals surface area (Å²) in [6.07, 6.45) is 1.28. The number of nitrogens with one attached hydrogen (secondary N) is 2. The summed E-state index contributed by atoms with van der Waals surface area (Å²) in [5.74, 6) is -0.459. The predicted molar refractivity (Wildman–Crippen MR) is 112 cm³/mol. The van der Waals surface area contributed by atoms with Crippen LogP contribution in [0, 0.1) is 11.7 Å². The zero-order valence-electron chi connectivity index (χ0n) is 15.3. The molecule has 0 aliphatic heterocycles. The monoisotopic (exact) mass is 394 g/mol. The van der Waals surface area contributed by atoms with Gasteiger partial charge in [0.15, 0.2) is 4.77 Å². The lowest BCUT2D eigenvalue weighted by molar-refractivity contribution is -0.114. The van der Waals surface area contributed by atoms with Crippen LogP contribution in [-0.2, 0) is 4.79 Å². The summed E-state index contributed by atoms with van der Waals surface area (Å²) in [6.45, 7) is 3.31. The fourth-order valence-corrected chi connectivity index (χ4v) is 2.94. The topological polar surface area (TPSA) is 99.5 Å². The minimum Gasteiger partial charge on any atom is -0.494 e. The number of hydrogen-bond acceptors (Lipinski definition) is 5. The number of para-hydroxylation sites is 1. The predicted octanol–water partition coefficient (Wildman–Crippen LogP) is 3.62. The first-order valence-corrected chi connectivity index (χ1v) is 8.83. The Hall–Kier alpha value is -3.52. The van der Waals surface area contributed by atoms with E-state index in [9.17, 15) is 14.7 Å². The highest BCUT2D eigenvalue weighted by Gasteiger charge is 2.13. The second-order valence-electron chi connectivity index (χ2n) is 6.10. The van der Waals surface area contributed by atoms with Crippen LogP contribution in [0.15, 0.2) is 58.3 Å². The highest BCUT2D eigenvalue weighted by molar-refractivity contribution is 7.71. The van der Waals surface area contributed by atoms with E-state index < -0.39 is 5.56 Å². The minimum atomic E-state index is -0.536. The summed E-state index contributed by atoms with van der Waals surface area (Å²) in [5, 5.41) is 13.3. The van der Waals surface area contributed by atoms with Gasteiger partial charge in [-0.1, -0.05) is 18.2 Å². The Morgan fingerprint density at radius 1 is 1.21 bits per heavy atom. The van der Waals surface area contributed by atoms with E-state index in [4.69, 9.17) is 12.2 Å². The molecular formula is C20H18N4O3S. The lowest BCUT2D eigenvalue weighted by atomic mass is 10.2. The van der Waals surface area contributed by atoms with Crippen molar-refractivity contribution in [2.75, 3.05) is 5.32 Å². The largest absolute Gasteiger partial charge is 0.494 e. The number of nitrogens with zero attached hydrogens (tertiary/aromatic N) is 2. The van der Waals surface area contributed by atoms with Gasteiger partial charge in [-0.15, -0.1) is 0 Å². The Labute approximate surface area is 166 Å². The van der Waals surface area contributed by atoms with E-state index in [2.05, 4.69) is 15.3 Å². The maximum Gasteiger partial charge on any atom is 0.264 e. The molecule has 2 aromatic carbocycles. The molecule has 0 saturated carbocycles. The maximum absolute atomic E-state index is 12.3. The van der Waals surface area contributed by atoms with Crippen LogP contribution >= 0.6 is 12.2 Å². The van der Waals surface area contributed by atoms with E-state index in [0.29, 0.717) is 17.1 Å². The molecule has 0 unspecified atom stereocenters. The van der Waals surface area contributed by atoms with E-state index in [1.54, 1.807) is 30.3 Å². The zero-order chi connectivity index (χ0) is 20.3. The molecule has 3 N–H and O–H groups in total. The molecule has 7 nitrogen and oxygen atoms in total. The number of carbonyl (C=O) groups excluding carboxylic acids is 1. The lowest BCUT2D eigenvalue weighted by Gasteiger charge is -2.13. The van der Waals surface area contributed by atoms with Gasteiger partial charge < -0.3 is 10.4 Å². The molecule has 1 heterocycles. The van der Waals surface area contributed by atoms with Gasteiger partial charge in [0.1, 0.15) is 5.56 Å². The Bertz CT molecular complexity index is 1180. The minimum absolute atomic E-state index is 0.0113. The van der Waals surface area contributed by atoms with Crippen molar-refractivity contribution in [1.82, 2.24) is 9.55 Å². The van der Waals surface area contributed by atoms with Crippen molar-refractivity contribution < 1.29 is 9.90 Å². The molecule has 0 aliphatic rings. The molecule has 1 amide bonds. The number of aryl methyl sites for hydroxylation is 1. The standard InChI is InChI=1S/C20H18N4O3S/c1-12-5-3-4-6-17(12)24-19(27)16(18(26)23-20(24)28)11-21-14-7-9-15(10-8-14)22-13(2)25/h3-11,27H,1-2H3,(H,22,25)(H,23,26,28). The van der Waals surface area contributed by atoms with Gasteiger partial charge in [0.05, 0.1) is 11.4 Å². The number of aromatic hydroxyl groups is 1. The molecule has 28 heavy (non-hydrogen) atoms. The van der Waals surface area contributed by atoms with E-state index in [1.807, 2.05) is 25.1 Å². The Balaban J connectivity index is 2.01. The number of carbonyl (C=O) groups is 1.